The number of aromatic amines is 2. The maximum atomic E-state index is 13.6. The van der Waals surface area contributed by atoms with Crippen molar-refractivity contribution in [1.29, 1.82) is 0 Å². The van der Waals surface area contributed by atoms with E-state index in [1.165, 1.54) is 30.0 Å². The summed E-state index contributed by atoms with van der Waals surface area (Å²) in [6, 6.07) is 24.7. The summed E-state index contributed by atoms with van der Waals surface area (Å²) in [5, 5.41) is 1.68. The number of halogens is 2. The van der Waals surface area contributed by atoms with Crippen molar-refractivity contribution in [2.45, 2.75) is 45.1 Å². The molecule has 4 fully saturated rings. The second-order valence-electron chi connectivity index (χ2n) is 18.0. The number of aromatic nitrogens is 2. The Bertz CT molecular complexity index is 2980. The first-order valence-corrected chi connectivity index (χ1v) is 24.2. The number of carbonyl (C=O) groups excluding carboxylic acids is 1. The third-order valence-corrected chi connectivity index (χ3v) is 15.4. The normalized spacial score (nSPS) is 24.7. The first-order valence-electron chi connectivity index (χ1n) is 20.5. The van der Waals surface area contributed by atoms with Gasteiger partial charge in [-0.2, -0.15) is 0 Å². The Kier molecular flexibility index (Phi) is 12.4. The molecule has 0 spiro atoms. The van der Waals surface area contributed by atoms with Gasteiger partial charge >= 0.3 is 18.9 Å². The van der Waals surface area contributed by atoms with Crippen molar-refractivity contribution >= 4 is 76.5 Å². The number of aryl methyl sites for hydroxylation is 2. The second-order valence-corrected chi connectivity index (χ2v) is 21.5. The maximum absolute atomic E-state index is 13.6. The number of piperidine rings is 2. The summed E-state index contributed by atoms with van der Waals surface area (Å²) in [5.74, 6) is 1.19. The van der Waals surface area contributed by atoms with Crippen LogP contribution < -0.4 is 28.3 Å². The summed E-state index contributed by atoms with van der Waals surface area (Å²) < 4.78 is 78.5. The molecule has 4 atom stereocenters. The van der Waals surface area contributed by atoms with E-state index < -0.39 is 20.0 Å². The third-order valence-electron chi connectivity index (χ3n) is 14.2. The van der Waals surface area contributed by atoms with Gasteiger partial charge in [0.15, 0.2) is 17.4 Å². The number of nitrogens with zero attached hydrogens (tertiary/aromatic N) is 2. The summed E-state index contributed by atoms with van der Waals surface area (Å²) in [4.78, 5) is 24.1. The Morgan fingerprint density at radius 3 is 1.62 bits per heavy atom. The molecule has 4 aromatic carbocycles. The standard InChI is InChI=1S/C23H24FN3O3S.C23H26FN3O2S.Al.Li.4H/c1-13-17-10-15(24)7-8-20(17)25-21(13)22(28)27-11-18-19(12-27)23(18,2)14-5-4-6-16(9-14)26-31(3,29)30;1-14-18-10-16(24)7-8-21(18)25-22(14)13-27-11-19-20(12-27)23(19,2)15-5-4-6-17(9-15)26-30(3,28)29;;;;;;/h4-10,18-19,25-26H,11-12H2,1-3H3;4-10,19-20,25-26H,11-13H2,1-3H3;;;;;;/q;;;+1;;;;-1. The Hall–Kier alpha value is -4.12. The van der Waals surface area contributed by atoms with Crippen molar-refractivity contribution in [1.82, 2.24) is 19.8 Å². The number of carbonyl (C=O) groups is 1. The first-order chi connectivity index (χ1) is 28.7. The number of fused-ring (bicyclic) bond motifs is 4. The summed E-state index contributed by atoms with van der Waals surface area (Å²) in [6.07, 6.45) is 2.31. The molecule has 2 aromatic heterocycles. The van der Waals surface area contributed by atoms with Crippen LogP contribution in [0.25, 0.3) is 21.8 Å². The predicted molar refractivity (Wildman–Crippen MR) is 247 cm³/mol. The fourth-order valence-electron chi connectivity index (χ4n) is 10.7. The van der Waals surface area contributed by atoms with Crippen LogP contribution in [0.2, 0.25) is 0 Å². The number of hydrogen-bond acceptors (Lipinski definition) is 6. The molecule has 6 aromatic rings. The number of sulfonamides is 2. The molecule has 63 heavy (non-hydrogen) atoms. The van der Waals surface area contributed by atoms with Gasteiger partial charge in [-0.1, -0.05) is 38.1 Å². The van der Waals surface area contributed by atoms with Crippen molar-refractivity contribution in [3.8, 4) is 0 Å². The molecule has 11 nitrogen and oxygen atoms in total. The van der Waals surface area contributed by atoms with Crippen LogP contribution in [-0.2, 0) is 37.4 Å². The molecule has 328 valence electrons. The van der Waals surface area contributed by atoms with E-state index in [-0.39, 0.29) is 66.0 Å². The van der Waals surface area contributed by atoms with Gasteiger partial charge in [-0.25, -0.2) is 25.6 Å². The van der Waals surface area contributed by atoms with Crippen LogP contribution in [0, 0.1) is 49.2 Å². The Morgan fingerprint density at radius 1 is 0.698 bits per heavy atom. The van der Waals surface area contributed by atoms with E-state index in [1.807, 2.05) is 42.2 Å². The van der Waals surface area contributed by atoms with Gasteiger partial charge < -0.3 is 16.3 Å². The molecule has 4 heterocycles. The van der Waals surface area contributed by atoms with Gasteiger partial charge in [0.25, 0.3) is 5.91 Å². The summed E-state index contributed by atoms with van der Waals surface area (Å²) in [6.45, 7) is 12.5. The van der Waals surface area contributed by atoms with Gasteiger partial charge in [-0.3, -0.25) is 19.1 Å². The van der Waals surface area contributed by atoms with Crippen LogP contribution in [0.15, 0.2) is 84.9 Å². The molecule has 4 aliphatic rings. The van der Waals surface area contributed by atoms with Gasteiger partial charge in [0, 0.05) is 82.4 Å². The number of benzene rings is 4. The van der Waals surface area contributed by atoms with Crippen LogP contribution in [0.3, 0.4) is 0 Å². The van der Waals surface area contributed by atoms with Crippen LogP contribution in [0.5, 0.6) is 0 Å². The van der Waals surface area contributed by atoms with E-state index in [4.69, 9.17) is 0 Å². The second kappa shape index (κ2) is 16.7. The van der Waals surface area contributed by atoms with Crippen molar-refractivity contribution in [3.05, 3.63) is 130 Å². The van der Waals surface area contributed by atoms with E-state index in [1.54, 1.807) is 30.3 Å². The van der Waals surface area contributed by atoms with Crippen molar-refractivity contribution in [3.63, 3.8) is 0 Å². The van der Waals surface area contributed by atoms with Gasteiger partial charge in [0.2, 0.25) is 20.0 Å². The predicted octanol–water partition coefficient (Wildman–Crippen LogP) is 3.59. The van der Waals surface area contributed by atoms with Crippen LogP contribution in [0.4, 0.5) is 20.2 Å². The molecule has 2 aliphatic carbocycles. The Balaban J connectivity index is 0.000000203. The zero-order valence-corrected chi connectivity index (χ0v) is 37.6. The minimum absolute atomic E-state index is 0. The summed E-state index contributed by atoms with van der Waals surface area (Å²) in [7, 11) is -6.62. The molecule has 0 radical (unpaired) electrons. The molecule has 2 saturated carbocycles. The maximum Gasteiger partial charge on any atom is 1.00 e. The number of amides is 1. The minimum atomic E-state index is -3.34. The molecular weight excluding hydrogens is 853 g/mol. The van der Waals surface area contributed by atoms with Gasteiger partial charge in [-0.15, -0.1) is 0 Å². The third kappa shape index (κ3) is 8.73. The summed E-state index contributed by atoms with van der Waals surface area (Å²) in [5.41, 5.74) is 8.76. The zero-order chi connectivity index (χ0) is 43.4. The number of H-pyrrole nitrogens is 2. The van der Waals surface area contributed by atoms with Crippen molar-refractivity contribution in [2.75, 3.05) is 48.1 Å². The average Bonchev–Trinajstić information content (AvgIpc) is 3.59. The van der Waals surface area contributed by atoms with Gasteiger partial charge in [0.05, 0.1) is 12.5 Å². The quantitative estimate of drug-likeness (QED) is 0.163. The van der Waals surface area contributed by atoms with E-state index >= 15 is 0 Å². The Labute approximate surface area is 391 Å². The van der Waals surface area contributed by atoms with E-state index in [2.05, 4.69) is 51.1 Å². The molecule has 4 unspecified atom stereocenters. The largest absolute Gasteiger partial charge is 1.00 e. The van der Waals surface area contributed by atoms with E-state index in [0.29, 0.717) is 53.8 Å². The molecule has 4 N–H and O–H groups in total. The molecular formula is C46H54AlF2LiN6O5S2. The number of nitrogens with one attached hydrogen (secondary N) is 4. The van der Waals surface area contributed by atoms with Crippen LogP contribution in [-0.4, -0.2) is 98.6 Å². The molecule has 1 amide bonds. The van der Waals surface area contributed by atoms with E-state index in [9.17, 15) is 30.4 Å². The van der Waals surface area contributed by atoms with Crippen molar-refractivity contribution < 1.29 is 50.7 Å². The fraction of sp³-hybridized carbons (Fsp3) is 0.370. The van der Waals surface area contributed by atoms with Gasteiger partial charge in [0.1, 0.15) is 17.3 Å². The molecule has 2 aliphatic heterocycles. The SMILES string of the molecule is Cc1c(C(=O)N2CC3C(C2)C3(C)c2cccc(NS(C)(=O)=O)c2)[nH]c2ccc(F)cc12.Cc1c(CN2CC3C(C2)C3(C)c2cccc(NS(C)(=O)=O)c2)[nH]c2ccc(F)cc12.[AlH3].[H-].[Li+]. The zero-order valence-electron chi connectivity index (χ0n) is 36.9. The molecule has 17 heteroatoms. The fourth-order valence-corrected chi connectivity index (χ4v) is 11.8. The Morgan fingerprint density at radius 2 is 1.14 bits per heavy atom. The topological polar surface area (TPSA) is 147 Å². The van der Waals surface area contributed by atoms with Crippen molar-refractivity contribution in [2.24, 2.45) is 23.7 Å². The molecule has 0 bridgehead atoms. The molecule has 2 saturated heterocycles. The first kappa shape index (κ1) is 46.9. The number of anilines is 2. The smallest absolute Gasteiger partial charge is 1.00 e. The average molecular weight is 907 g/mol. The number of rotatable bonds is 9. The number of hydrogen-bond donors (Lipinski definition) is 4. The monoisotopic (exact) mass is 906 g/mol. The molecule has 10 rings (SSSR count). The summed E-state index contributed by atoms with van der Waals surface area (Å²) >= 11 is 0. The van der Waals surface area contributed by atoms with Crippen LogP contribution in [0.1, 0.15) is 53.7 Å². The number of likely N-dealkylation sites (tertiary alicyclic amines) is 2. The van der Waals surface area contributed by atoms with E-state index in [0.717, 1.165) is 70.1 Å². The van der Waals surface area contributed by atoms with Gasteiger partial charge in [-0.05, 0) is 120 Å². The minimum Gasteiger partial charge on any atom is -1.00 e. The van der Waals surface area contributed by atoms with Crippen LogP contribution >= 0.6 is 0 Å².